The van der Waals surface area contributed by atoms with Crippen molar-refractivity contribution in [3.8, 4) is 0 Å². The van der Waals surface area contributed by atoms with E-state index in [0.717, 1.165) is 22.0 Å². The average Bonchev–Trinajstić information content (AvgIpc) is 3.20. The van der Waals surface area contributed by atoms with Crippen molar-refractivity contribution >= 4 is 52.1 Å². The Balaban J connectivity index is 1.48. The molecule has 0 aliphatic heterocycles. The highest BCUT2D eigenvalue weighted by Crippen LogP contribution is 2.22. The summed E-state index contributed by atoms with van der Waals surface area (Å²) in [6.07, 6.45) is 3.49. The number of amides is 2. The van der Waals surface area contributed by atoms with Gasteiger partial charge in [-0.1, -0.05) is 67.4 Å². The van der Waals surface area contributed by atoms with E-state index in [4.69, 9.17) is 23.2 Å². The van der Waals surface area contributed by atoms with E-state index in [0.29, 0.717) is 11.6 Å². The van der Waals surface area contributed by atoms with Crippen LogP contribution in [-0.2, 0) is 11.3 Å². The zero-order valence-corrected chi connectivity index (χ0v) is 21.7. The SMILES string of the molecule is CC(C)C(NC(=O)c1ccc(Cl)cc1Cl)C(=O)NN=Cc1cn(Cc2ccc(F)cc2)c2ccccc12. The molecule has 190 valence electrons. The first kappa shape index (κ1) is 26.4. The number of hydrogen-bond acceptors (Lipinski definition) is 3. The molecule has 2 amide bonds. The maximum Gasteiger partial charge on any atom is 0.262 e. The van der Waals surface area contributed by atoms with Crippen LogP contribution in [0.4, 0.5) is 4.39 Å². The molecule has 0 aliphatic rings. The number of benzene rings is 3. The van der Waals surface area contributed by atoms with E-state index in [1.165, 1.54) is 24.3 Å². The van der Waals surface area contributed by atoms with E-state index >= 15 is 0 Å². The number of fused-ring (bicyclic) bond motifs is 1. The van der Waals surface area contributed by atoms with Gasteiger partial charge in [-0.2, -0.15) is 5.10 Å². The number of hydrazone groups is 1. The van der Waals surface area contributed by atoms with Gasteiger partial charge in [0.25, 0.3) is 11.8 Å². The van der Waals surface area contributed by atoms with Gasteiger partial charge in [-0.25, -0.2) is 9.82 Å². The fourth-order valence-electron chi connectivity index (χ4n) is 3.96. The van der Waals surface area contributed by atoms with Crippen molar-refractivity contribution in [1.82, 2.24) is 15.3 Å². The van der Waals surface area contributed by atoms with Crippen LogP contribution in [-0.4, -0.2) is 28.6 Å². The average molecular weight is 539 g/mol. The zero-order chi connectivity index (χ0) is 26.5. The molecule has 9 heteroatoms. The Bertz CT molecular complexity index is 1470. The standard InChI is InChI=1S/C28H25Cl2FN4O2/c1-17(2)26(33-27(36)23-12-9-20(29)13-24(23)30)28(37)34-32-14-19-16-35(25-6-4-3-5-22(19)25)15-18-7-10-21(31)11-8-18/h3-14,16-17,26H,15H2,1-2H3,(H,33,36)(H,34,37). The van der Waals surface area contributed by atoms with Crippen molar-refractivity contribution in [2.24, 2.45) is 11.0 Å². The molecule has 0 aliphatic carbocycles. The quantitative estimate of drug-likeness (QED) is 0.212. The second-order valence-corrected chi connectivity index (χ2v) is 9.75. The topological polar surface area (TPSA) is 75.5 Å². The molecule has 0 saturated carbocycles. The summed E-state index contributed by atoms with van der Waals surface area (Å²) in [4.78, 5) is 25.6. The van der Waals surface area contributed by atoms with Crippen LogP contribution in [0, 0.1) is 11.7 Å². The van der Waals surface area contributed by atoms with Gasteiger partial charge in [0.2, 0.25) is 0 Å². The number of para-hydroxylation sites is 1. The lowest BCUT2D eigenvalue weighted by Crippen LogP contribution is -2.48. The fraction of sp³-hybridized carbons (Fsp3) is 0.179. The van der Waals surface area contributed by atoms with Gasteiger partial charge >= 0.3 is 0 Å². The molecule has 4 aromatic rings. The largest absolute Gasteiger partial charge is 0.342 e. The minimum absolute atomic E-state index is 0.197. The molecule has 0 bridgehead atoms. The normalized spacial score (nSPS) is 12.3. The number of hydrogen-bond donors (Lipinski definition) is 2. The molecule has 0 radical (unpaired) electrons. The summed E-state index contributed by atoms with van der Waals surface area (Å²) < 4.78 is 15.3. The van der Waals surface area contributed by atoms with Crippen LogP contribution in [0.3, 0.4) is 0 Å². The Morgan fingerprint density at radius 1 is 1.05 bits per heavy atom. The molecular weight excluding hydrogens is 514 g/mol. The lowest BCUT2D eigenvalue weighted by Gasteiger charge is -2.20. The van der Waals surface area contributed by atoms with Gasteiger partial charge in [-0.3, -0.25) is 9.59 Å². The summed E-state index contributed by atoms with van der Waals surface area (Å²) in [5.41, 5.74) is 5.49. The first-order chi connectivity index (χ1) is 17.7. The molecular formula is C28H25Cl2FN4O2. The van der Waals surface area contributed by atoms with Crippen molar-refractivity contribution < 1.29 is 14.0 Å². The molecule has 1 atom stereocenters. The number of rotatable bonds is 8. The van der Waals surface area contributed by atoms with E-state index in [1.807, 2.05) is 48.9 Å². The number of nitrogens with one attached hydrogen (secondary N) is 2. The number of carbonyl (C=O) groups is 2. The van der Waals surface area contributed by atoms with Gasteiger partial charge in [-0.05, 0) is 47.9 Å². The molecule has 6 nitrogen and oxygen atoms in total. The molecule has 2 N–H and O–H groups in total. The van der Waals surface area contributed by atoms with Gasteiger partial charge in [0, 0.05) is 34.2 Å². The second kappa shape index (κ2) is 11.6. The summed E-state index contributed by atoms with van der Waals surface area (Å²) in [7, 11) is 0. The van der Waals surface area contributed by atoms with Crippen molar-refractivity contribution in [3.05, 3.63) is 105 Å². The van der Waals surface area contributed by atoms with Crippen LogP contribution in [0.15, 0.2) is 78.0 Å². The van der Waals surface area contributed by atoms with Crippen LogP contribution in [0.25, 0.3) is 10.9 Å². The number of nitrogens with zero attached hydrogens (tertiary/aromatic N) is 2. The Morgan fingerprint density at radius 3 is 2.49 bits per heavy atom. The first-order valence-electron chi connectivity index (χ1n) is 11.6. The minimum atomic E-state index is -0.837. The third-order valence-electron chi connectivity index (χ3n) is 5.88. The summed E-state index contributed by atoms with van der Waals surface area (Å²) >= 11 is 12.0. The molecule has 37 heavy (non-hydrogen) atoms. The highest BCUT2D eigenvalue weighted by molar-refractivity contribution is 6.36. The van der Waals surface area contributed by atoms with E-state index in [1.54, 1.807) is 24.4 Å². The maximum absolute atomic E-state index is 13.3. The van der Waals surface area contributed by atoms with Crippen LogP contribution in [0.5, 0.6) is 0 Å². The molecule has 4 rings (SSSR count). The second-order valence-electron chi connectivity index (χ2n) is 8.91. The highest BCUT2D eigenvalue weighted by Gasteiger charge is 2.25. The van der Waals surface area contributed by atoms with Crippen molar-refractivity contribution in [3.63, 3.8) is 0 Å². The zero-order valence-electron chi connectivity index (χ0n) is 20.2. The van der Waals surface area contributed by atoms with Gasteiger partial charge in [0.1, 0.15) is 11.9 Å². The van der Waals surface area contributed by atoms with Crippen molar-refractivity contribution in [1.29, 1.82) is 0 Å². The van der Waals surface area contributed by atoms with E-state index in [2.05, 4.69) is 15.8 Å². The third kappa shape index (κ3) is 6.37. The van der Waals surface area contributed by atoms with Crippen LogP contribution < -0.4 is 10.7 Å². The predicted molar refractivity (Wildman–Crippen MR) is 146 cm³/mol. The van der Waals surface area contributed by atoms with E-state index in [-0.39, 0.29) is 22.3 Å². The van der Waals surface area contributed by atoms with Crippen LogP contribution in [0.2, 0.25) is 10.0 Å². The lowest BCUT2D eigenvalue weighted by molar-refractivity contribution is -0.123. The molecule has 1 heterocycles. The molecule has 1 aromatic heterocycles. The van der Waals surface area contributed by atoms with Gasteiger partial charge in [0.05, 0.1) is 16.8 Å². The Morgan fingerprint density at radius 2 is 1.78 bits per heavy atom. The third-order valence-corrected chi connectivity index (χ3v) is 6.42. The van der Waals surface area contributed by atoms with Crippen molar-refractivity contribution in [2.45, 2.75) is 26.4 Å². The fourth-order valence-corrected chi connectivity index (χ4v) is 4.45. The van der Waals surface area contributed by atoms with Gasteiger partial charge in [0.15, 0.2) is 0 Å². The molecule has 3 aromatic carbocycles. The Labute approximate surface area is 224 Å². The summed E-state index contributed by atoms with van der Waals surface area (Å²) in [5, 5.41) is 8.44. The Kier molecular flexibility index (Phi) is 8.26. The number of halogens is 3. The van der Waals surface area contributed by atoms with E-state index in [9.17, 15) is 14.0 Å². The van der Waals surface area contributed by atoms with Gasteiger partial charge in [-0.15, -0.1) is 0 Å². The highest BCUT2D eigenvalue weighted by atomic mass is 35.5. The molecule has 0 spiro atoms. The molecule has 1 unspecified atom stereocenters. The summed E-state index contributed by atoms with van der Waals surface area (Å²) in [6, 6.07) is 17.9. The van der Waals surface area contributed by atoms with Gasteiger partial charge < -0.3 is 9.88 Å². The summed E-state index contributed by atoms with van der Waals surface area (Å²) in [6.45, 7) is 4.19. The minimum Gasteiger partial charge on any atom is -0.342 e. The predicted octanol–water partition coefficient (Wildman–Crippen LogP) is 6.04. The Hall–Kier alpha value is -3.68. The lowest BCUT2D eigenvalue weighted by atomic mass is 10.0. The van der Waals surface area contributed by atoms with Crippen molar-refractivity contribution in [2.75, 3.05) is 0 Å². The maximum atomic E-state index is 13.3. The first-order valence-corrected chi connectivity index (χ1v) is 12.4. The smallest absolute Gasteiger partial charge is 0.262 e. The van der Waals surface area contributed by atoms with E-state index < -0.39 is 17.9 Å². The number of carbonyl (C=O) groups excluding carboxylic acids is 2. The molecule has 0 fully saturated rings. The number of aromatic nitrogens is 1. The van der Waals surface area contributed by atoms with Crippen LogP contribution in [0.1, 0.15) is 35.3 Å². The van der Waals surface area contributed by atoms with Crippen LogP contribution >= 0.6 is 23.2 Å². The monoisotopic (exact) mass is 538 g/mol. The summed E-state index contributed by atoms with van der Waals surface area (Å²) in [5.74, 6) is -1.43. The molecule has 0 saturated heterocycles.